The number of hydrogen-bond acceptors (Lipinski definition) is 4. The fraction of sp³-hybridized carbons (Fsp3) is 0.273. The predicted octanol–water partition coefficient (Wildman–Crippen LogP) is 5.00. The molecule has 170 valence electrons. The van der Waals surface area contributed by atoms with E-state index in [-0.39, 0.29) is 27.9 Å². The summed E-state index contributed by atoms with van der Waals surface area (Å²) in [5, 5.41) is 10.6. The van der Waals surface area contributed by atoms with Crippen molar-refractivity contribution < 1.29 is 31.8 Å². The zero-order valence-corrected chi connectivity index (χ0v) is 17.0. The molecule has 0 spiro atoms. The highest BCUT2D eigenvalue weighted by Crippen LogP contribution is 2.40. The molecule has 0 saturated carbocycles. The first-order valence-corrected chi connectivity index (χ1v) is 9.44. The summed E-state index contributed by atoms with van der Waals surface area (Å²) in [6.45, 7) is 1.43. The van der Waals surface area contributed by atoms with Gasteiger partial charge in [-0.2, -0.15) is 13.2 Å². The van der Waals surface area contributed by atoms with E-state index >= 15 is 0 Å². The maximum atomic E-state index is 14.0. The molecule has 0 aliphatic carbocycles. The van der Waals surface area contributed by atoms with E-state index in [1.54, 1.807) is 0 Å². The SMILES string of the molecule is COc1cc(F)ccc1C(C)CC(O)(C=Nc1ccc(F)c2[nH]c(=O)ccc12)C(F)(F)F. The number of rotatable bonds is 6. The number of aromatic nitrogens is 1. The molecule has 5 nitrogen and oxygen atoms in total. The molecule has 32 heavy (non-hydrogen) atoms. The molecule has 0 radical (unpaired) electrons. The molecule has 0 amide bonds. The van der Waals surface area contributed by atoms with Gasteiger partial charge in [-0.1, -0.05) is 13.0 Å². The van der Waals surface area contributed by atoms with Crippen molar-refractivity contribution in [2.24, 2.45) is 4.99 Å². The number of aliphatic hydroxyl groups is 1. The Morgan fingerprint density at radius 3 is 2.53 bits per heavy atom. The van der Waals surface area contributed by atoms with Crippen LogP contribution in [0.4, 0.5) is 27.6 Å². The van der Waals surface area contributed by atoms with Gasteiger partial charge in [0.25, 0.3) is 0 Å². The Labute approximate surface area is 179 Å². The number of benzene rings is 2. The van der Waals surface area contributed by atoms with Crippen LogP contribution in [0.25, 0.3) is 10.9 Å². The molecule has 1 aromatic heterocycles. The summed E-state index contributed by atoms with van der Waals surface area (Å²) in [5.74, 6) is -2.25. The molecule has 0 fully saturated rings. The minimum absolute atomic E-state index is 0.0486. The van der Waals surface area contributed by atoms with Crippen LogP contribution in [0.2, 0.25) is 0 Å². The molecule has 2 aromatic carbocycles. The number of alkyl halides is 3. The van der Waals surface area contributed by atoms with E-state index in [9.17, 15) is 31.9 Å². The number of methoxy groups -OCH3 is 1. The molecule has 3 aromatic rings. The van der Waals surface area contributed by atoms with E-state index in [1.165, 1.54) is 26.2 Å². The Morgan fingerprint density at radius 2 is 1.88 bits per heavy atom. The first-order valence-electron chi connectivity index (χ1n) is 9.44. The number of halogens is 5. The van der Waals surface area contributed by atoms with Crippen LogP contribution in [0.15, 0.2) is 52.3 Å². The van der Waals surface area contributed by atoms with Crippen LogP contribution < -0.4 is 10.3 Å². The highest BCUT2D eigenvalue weighted by atomic mass is 19.4. The van der Waals surface area contributed by atoms with E-state index in [2.05, 4.69) is 9.98 Å². The van der Waals surface area contributed by atoms with Crippen molar-refractivity contribution in [3.05, 3.63) is 70.0 Å². The van der Waals surface area contributed by atoms with Gasteiger partial charge in [0, 0.05) is 23.7 Å². The summed E-state index contributed by atoms with van der Waals surface area (Å²) in [4.78, 5) is 17.5. The van der Waals surface area contributed by atoms with Crippen LogP contribution in [-0.2, 0) is 0 Å². The Hall–Kier alpha value is -3.27. The molecule has 10 heteroatoms. The lowest BCUT2D eigenvalue weighted by atomic mass is 9.86. The van der Waals surface area contributed by atoms with E-state index in [1.807, 2.05) is 0 Å². The zero-order valence-electron chi connectivity index (χ0n) is 17.0. The third-order valence-electron chi connectivity index (χ3n) is 5.07. The van der Waals surface area contributed by atoms with Crippen molar-refractivity contribution in [3.63, 3.8) is 0 Å². The number of fused-ring (bicyclic) bond motifs is 1. The molecule has 1 heterocycles. The molecule has 3 rings (SSSR count). The van der Waals surface area contributed by atoms with Gasteiger partial charge in [-0.3, -0.25) is 9.79 Å². The molecule has 0 bridgehead atoms. The average Bonchev–Trinajstić information content (AvgIpc) is 2.72. The third kappa shape index (κ3) is 4.64. The first-order chi connectivity index (χ1) is 14.9. The molecule has 2 atom stereocenters. The van der Waals surface area contributed by atoms with Crippen molar-refractivity contribution in [3.8, 4) is 5.75 Å². The maximum absolute atomic E-state index is 14.0. The Bertz CT molecular complexity index is 1220. The van der Waals surface area contributed by atoms with Crippen LogP contribution in [0.1, 0.15) is 24.8 Å². The second kappa shape index (κ2) is 8.70. The van der Waals surface area contributed by atoms with Gasteiger partial charge in [-0.25, -0.2) is 8.78 Å². The van der Waals surface area contributed by atoms with Gasteiger partial charge in [0.1, 0.15) is 17.4 Å². The lowest BCUT2D eigenvalue weighted by Gasteiger charge is -2.30. The van der Waals surface area contributed by atoms with Crippen LogP contribution in [0.3, 0.4) is 0 Å². The average molecular weight is 454 g/mol. The number of hydrogen-bond donors (Lipinski definition) is 2. The number of nitrogens with one attached hydrogen (secondary N) is 1. The van der Waals surface area contributed by atoms with Gasteiger partial charge in [-0.15, -0.1) is 0 Å². The summed E-state index contributed by atoms with van der Waals surface area (Å²) >= 11 is 0. The van der Waals surface area contributed by atoms with Crippen molar-refractivity contribution in [2.75, 3.05) is 7.11 Å². The highest BCUT2D eigenvalue weighted by molar-refractivity contribution is 5.92. The predicted molar refractivity (Wildman–Crippen MR) is 110 cm³/mol. The zero-order chi connectivity index (χ0) is 23.7. The summed E-state index contributed by atoms with van der Waals surface area (Å²) in [6, 6.07) is 7.80. The topological polar surface area (TPSA) is 74.7 Å². The Kier molecular flexibility index (Phi) is 6.36. The highest BCUT2D eigenvalue weighted by Gasteiger charge is 2.53. The number of aromatic amines is 1. The molecule has 0 aliphatic rings. The number of H-pyrrole nitrogens is 1. The van der Waals surface area contributed by atoms with Gasteiger partial charge < -0.3 is 14.8 Å². The standard InChI is InChI=1S/C22H19F5N2O3/c1-12(14-4-3-13(23)9-18(14)32-2)10-21(31,22(25,26)27)11-28-17-7-6-16(24)20-15(17)5-8-19(30)29-20/h3-9,11-12,31H,10H2,1-2H3,(H,29,30). The molecule has 2 N–H and O–H groups in total. The smallest absolute Gasteiger partial charge is 0.422 e. The summed E-state index contributed by atoms with van der Waals surface area (Å²) in [7, 11) is 1.26. The van der Waals surface area contributed by atoms with Crippen LogP contribution in [0.5, 0.6) is 5.75 Å². The Balaban J connectivity index is 2.01. The molecule has 2 unspecified atom stereocenters. The summed E-state index contributed by atoms with van der Waals surface area (Å²) in [6.07, 6.45) is -5.59. The first kappa shape index (κ1) is 23.4. The normalized spacial score (nSPS) is 15.1. The van der Waals surface area contributed by atoms with Crippen molar-refractivity contribution in [1.29, 1.82) is 0 Å². The second-order valence-electron chi connectivity index (χ2n) is 7.35. The fourth-order valence-electron chi connectivity index (χ4n) is 3.40. The largest absolute Gasteiger partial charge is 0.496 e. The van der Waals surface area contributed by atoms with E-state index in [4.69, 9.17) is 4.74 Å². The summed E-state index contributed by atoms with van der Waals surface area (Å²) in [5.41, 5.74) is -3.96. The molecular formula is C22H19F5N2O3. The lowest BCUT2D eigenvalue weighted by molar-refractivity contribution is -0.231. The fourth-order valence-corrected chi connectivity index (χ4v) is 3.40. The molecule has 0 aliphatic heterocycles. The van der Waals surface area contributed by atoms with Gasteiger partial charge >= 0.3 is 6.18 Å². The molecule has 0 saturated heterocycles. The van der Waals surface area contributed by atoms with Crippen LogP contribution >= 0.6 is 0 Å². The minimum Gasteiger partial charge on any atom is -0.496 e. The van der Waals surface area contributed by atoms with E-state index in [0.29, 0.717) is 6.21 Å². The number of pyridine rings is 1. The van der Waals surface area contributed by atoms with Gasteiger partial charge in [0.05, 0.1) is 18.3 Å². The summed E-state index contributed by atoms with van der Waals surface area (Å²) < 4.78 is 73.9. The van der Waals surface area contributed by atoms with Crippen LogP contribution in [-0.4, -0.2) is 35.2 Å². The third-order valence-corrected chi connectivity index (χ3v) is 5.07. The van der Waals surface area contributed by atoms with Gasteiger partial charge in [0.15, 0.2) is 5.60 Å². The minimum atomic E-state index is -5.10. The monoisotopic (exact) mass is 454 g/mol. The van der Waals surface area contributed by atoms with Crippen LogP contribution in [0, 0.1) is 11.6 Å². The molecular weight excluding hydrogens is 435 g/mol. The lowest BCUT2D eigenvalue weighted by Crippen LogP contribution is -2.47. The number of ether oxygens (including phenoxy) is 1. The van der Waals surface area contributed by atoms with Gasteiger partial charge in [-0.05, 0) is 42.2 Å². The number of nitrogens with zero attached hydrogens (tertiary/aromatic N) is 1. The van der Waals surface area contributed by atoms with Gasteiger partial charge in [0.2, 0.25) is 5.56 Å². The van der Waals surface area contributed by atoms with Crippen molar-refractivity contribution >= 4 is 22.8 Å². The Morgan fingerprint density at radius 1 is 1.16 bits per heavy atom. The van der Waals surface area contributed by atoms with Crippen molar-refractivity contribution in [2.45, 2.75) is 31.0 Å². The quantitative estimate of drug-likeness (QED) is 0.407. The second-order valence-corrected chi connectivity index (χ2v) is 7.35. The maximum Gasteiger partial charge on any atom is 0.422 e. The van der Waals surface area contributed by atoms with E-state index in [0.717, 1.165) is 30.3 Å². The van der Waals surface area contributed by atoms with Crippen molar-refractivity contribution in [1.82, 2.24) is 4.98 Å². The number of aliphatic imine (C=N–C) groups is 1. The van der Waals surface area contributed by atoms with E-state index < -0.39 is 41.3 Å².